The summed E-state index contributed by atoms with van der Waals surface area (Å²) >= 11 is 0. The number of rotatable bonds is 3. The molecule has 0 amide bonds. The highest BCUT2D eigenvalue weighted by atomic mass is 16.5. The number of methoxy groups -OCH3 is 3. The maximum absolute atomic E-state index is 10.6. The summed E-state index contributed by atoms with van der Waals surface area (Å²) in [6.07, 6.45) is 0.298. The second-order valence-corrected chi connectivity index (χ2v) is 5.16. The summed E-state index contributed by atoms with van der Waals surface area (Å²) < 4.78 is 16.0. The van der Waals surface area contributed by atoms with Crippen molar-refractivity contribution in [2.75, 3.05) is 21.3 Å². The standard InChI is InChI=1S/C17H18O5/c1-20-13-8-9-4-5-11-10(6-7-12(18)16(11)21-2)14(9)15(19)17(13)22-3/h4-7,13,18-19H,8H2,1-3H3. The van der Waals surface area contributed by atoms with Crippen molar-refractivity contribution in [2.45, 2.75) is 12.5 Å². The summed E-state index contributed by atoms with van der Waals surface area (Å²) in [7, 11) is 4.61. The van der Waals surface area contributed by atoms with Gasteiger partial charge < -0.3 is 24.4 Å². The van der Waals surface area contributed by atoms with Crippen LogP contribution in [0.3, 0.4) is 0 Å². The van der Waals surface area contributed by atoms with Crippen molar-refractivity contribution >= 4 is 16.5 Å². The molecule has 116 valence electrons. The summed E-state index contributed by atoms with van der Waals surface area (Å²) in [6, 6.07) is 7.12. The normalized spacial score (nSPS) is 17.5. The predicted octanol–water partition coefficient (Wildman–Crippen LogP) is 3.00. The van der Waals surface area contributed by atoms with Gasteiger partial charge in [0.15, 0.2) is 23.0 Å². The van der Waals surface area contributed by atoms with Crippen molar-refractivity contribution in [3.63, 3.8) is 0 Å². The van der Waals surface area contributed by atoms with Gasteiger partial charge in [-0.15, -0.1) is 0 Å². The minimum absolute atomic E-state index is 0.0638. The van der Waals surface area contributed by atoms with Gasteiger partial charge in [0.05, 0.1) is 14.2 Å². The molecule has 3 rings (SSSR count). The zero-order valence-electron chi connectivity index (χ0n) is 12.7. The van der Waals surface area contributed by atoms with Gasteiger partial charge in [0.25, 0.3) is 0 Å². The third-order valence-corrected chi connectivity index (χ3v) is 4.09. The Kier molecular flexibility index (Phi) is 3.58. The largest absolute Gasteiger partial charge is 0.504 e. The summed E-state index contributed by atoms with van der Waals surface area (Å²) in [6.45, 7) is 0. The van der Waals surface area contributed by atoms with Gasteiger partial charge >= 0.3 is 0 Å². The van der Waals surface area contributed by atoms with E-state index in [2.05, 4.69) is 0 Å². The molecular formula is C17H18O5. The van der Waals surface area contributed by atoms with Gasteiger partial charge in [-0.3, -0.25) is 0 Å². The SMILES string of the molecule is COC1=C(O)c2c(ccc3c(OC)c(O)ccc23)CC1OC. The van der Waals surface area contributed by atoms with Gasteiger partial charge in [0.1, 0.15) is 6.10 Å². The third-order valence-electron chi connectivity index (χ3n) is 4.09. The Morgan fingerprint density at radius 1 is 0.955 bits per heavy atom. The molecule has 22 heavy (non-hydrogen) atoms. The number of benzene rings is 2. The first-order valence-electron chi connectivity index (χ1n) is 6.94. The first kappa shape index (κ1) is 14.5. The highest BCUT2D eigenvalue weighted by Crippen LogP contribution is 2.41. The Hall–Kier alpha value is -2.40. The monoisotopic (exact) mass is 302 g/mol. The summed E-state index contributed by atoms with van der Waals surface area (Å²) in [5, 5.41) is 22.1. The first-order valence-corrected chi connectivity index (χ1v) is 6.94. The molecule has 1 unspecified atom stereocenters. The van der Waals surface area contributed by atoms with E-state index in [1.165, 1.54) is 14.2 Å². The molecule has 1 aliphatic carbocycles. The lowest BCUT2D eigenvalue weighted by Gasteiger charge is -2.27. The Bertz CT molecular complexity index is 763. The van der Waals surface area contributed by atoms with Crippen molar-refractivity contribution < 1.29 is 24.4 Å². The van der Waals surface area contributed by atoms with E-state index in [0.717, 1.165) is 16.3 Å². The van der Waals surface area contributed by atoms with Crippen LogP contribution in [0.2, 0.25) is 0 Å². The molecule has 2 aromatic rings. The highest BCUT2D eigenvalue weighted by molar-refractivity contribution is 5.99. The number of aliphatic hydroxyl groups is 1. The van der Waals surface area contributed by atoms with Crippen LogP contribution >= 0.6 is 0 Å². The predicted molar refractivity (Wildman–Crippen MR) is 83.2 cm³/mol. The Morgan fingerprint density at radius 3 is 2.32 bits per heavy atom. The van der Waals surface area contributed by atoms with Crippen molar-refractivity contribution in [3.05, 3.63) is 41.2 Å². The topological polar surface area (TPSA) is 68.2 Å². The molecule has 0 radical (unpaired) electrons. The summed E-state index contributed by atoms with van der Waals surface area (Å²) in [4.78, 5) is 0. The maximum Gasteiger partial charge on any atom is 0.168 e. The number of hydrogen-bond acceptors (Lipinski definition) is 5. The molecule has 5 nitrogen and oxygen atoms in total. The van der Waals surface area contributed by atoms with Gasteiger partial charge in [0.2, 0.25) is 0 Å². The minimum Gasteiger partial charge on any atom is -0.504 e. The molecule has 0 saturated carbocycles. The molecule has 5 heteroatoms. The van der Waals surface area contributed by atoms with Crippen LogP contribution in [0, 0.1) is 0 Å². The molecule has 2 aromatic carbocycles. The number of ether oxygens (including phenoxy) is 3. The second-order valence-electron chi connectivity index (χ2n) is 5.16. The lowest BCUT2D eigenvalue weighted by Crippen LogP contribution is -2.24. The molecule has 0 aromatic heterocycles. The lowest BCUT2D eigenvalue weighted by molar-refractivity contribution is 0.0744. The van der Waals surface area contributed by atoms with E-state index in [-0.39, 0.29) is 17.6 Å². The molecule has 0 heterocycles. The van der Waals surface area contributed by atoms with Gasteiger partial charge in [0, 0.05) is 24.5 Å². The Labute approximate surface area is 128 Å². The quantitative estimate of drug-likeness (QED) is 0.912. The van der Waals surface area contributed by atoms with E-state index in [9.17, 15) is 10.2 Å². The average Bonchev–Trinajstić information content (AvgIpc) is 2.53. The van der Waals surface area contributed by atoms with E-state index < -0.39 is 0 Å². The van der Waals surface area contributed by atoms with Gasteiger partial charge in [-0.05, 0) is 23.1 Å². The summed E-state index contributed by atoms with van der Waals surface area (Å²) in [5.41, 5.74) is 1.66. The van der Waals surface area contributed by atoms with E-state index >= 15 is 0 Å². The fourth-order valence-electron chi connectivity index (χ4n) is 3.06. The fourth-order valence-corrected chi connectivity index (χ4v) is 3.06. The van der Waals surface area contributed by atoms with Crippen LogP contribution < -0.4 is 4.74 Å². The number of aliphatic hydroxyl groups excluding tert-OH is 1. The number of fused-ring (bicyclic) bond motifs is 3. The van der Waals surface area contributed by atoms with Crippen LogP contribution in [-0.2, 0) is 15.9 Å². The number of aromatic hydroxyl groups is 1. The van der Waals surface area contributed by atoms with E-state index in [1.54, 1.807) is 19.2 Å². The van der Waals surface area contributed by atoms with Crippen molar-refractivity contribution in [2.24, 2.45) is 0 Å². The molecule has 0 aliphatic heterocycles. The van der Waals surface area contributed by atoms with Gasteiger partial charge in [-0.2, -0.15) is 0 Å². The third kappa shape index (κ3) is 1.97. The average molecular weight is 302 g/mol. The Balaban J connectivity index is 2.34. The van der Waals surface area contributed by atoms with Crippen LogP contribution in [-0.4, -0.2) is 37.6 Å². The van der Waals surface area contributed by atoms with Gasteiger partial charge in [-0.25, -0.2) is 0 Å². The number of phenols is 1. The number of phenolic OH excluding ortho intramolecular Hbond substituents is 1. The van der Waals surface area contributed by atoms with Crippen molar-refractivity contribution in [3.8, 4) is 11.5 Å². The fraction of sp³-hybridized carbons (Fsp3) is 0.294. The number of hydrogen-bond donors (Lipinski definition) is 2. The zero-order valence-corrected chi connectivity index (χ0v) is 12.7. The smallest absolute Gasteiger partial charge is 0.168 e. The molecule has 2 N–H and O–H groups in total. The van der Waals surface area contributed by atoms with Crippen LogP contribution in [0.5, 0.6) is 11.5 Å². The molecule has 0 spiro atoms. The van der Waals surface area contributed by atoms with Crippen LogP contribution in [0.4, 0.5) is 0 Å². The van der Waals surface area contributed by atoms with Crippen molar-refractivity contribution in [1.82, 2.24) is 0 Å². The van der Waals surface area contributed by atoms with E-state index in [1.807, 2.05) is 12.1 Å². The maximum atomic E-state index is 10.6. The highest BCUT2D eigenvalue weighted by Gasteiger charge is 2.30. The lowest BCUT2D eigenvalue weighted by atomic mass is 9.88. The Morgan fingerprint density at radius 2 is 1.68 bits per heavy atom. The van der Waals surface area contributed by atoms with Crippen LogP contribution in [0.15, 0.2) is 30.0 Å². The minimum atomic E-state index is -0.311. The van der Waals surface area contributed by atoms with E-state index in [4.69, 9.17) is 14.2 Å². The molecular weight excluding hydrogens is 284 g/mol. The van der Waals surface area contributed by atoms with Crippen LogP contribution in [0.25, 0.3) is 16.5 Å². The van der Waals surface area contributed by atoms with E-state index in [0.29, 0.717) is 23.5 Å². The first-order chi connectivity index (χ1) is 10.6. The second kappa shape index (κ2) is 5.42. The molecule has 0 bridgehead atoms. The van der Waals surface area contributed by atoms with Gasteiger partial charge in [-0.1, -0.05) is 12.1 Å². The molecule has 1 aliphatic rings. The molecule has 0 fully saturated rings. The summed E-state index contributed by atoms with van der Waals surface area (Å²) in [5.74, 6) is 0.931. The molecule has 1 atom stereocenters. The van der Waals surface area contributed by atoms with Crippen LogP contribution in [0.1, 0.15) is 11.1 Å². The molecule has 0 saturated heterocycles. The zero-order chi connectivity index (χ0) is 15.9. The van der Waals surface area contributed by atoms with Crippen molar-refractivity contribution in [1.29, 1.82) is 0 Å².